The van der Waals surface area contributed by atoms with E-state index in [2.05, 4.69) is 0 Å². The number of hydrogen-bond acceptors (Lipinski definition) is 8. The number of rotatable bonds is 4. The van der Waals surface area contributed by atoms with Gasteiger partial charge in [0, 0.05) is 5.92 Å². The van der Waals surface area contributed by atoms with Gasteiger partial charge in [0.05, 0.1) is 12.6 Å². The van der Waals surface area contributed by atoms with Gasteiger partial charge in [-0.1, -0.05) is 48.5 Å². The molecule has 2 aliphatic rings. The van der Waals surface area contributed by atoms with Crippen molar-refractivity contribution < 1.29 is 34.7 Å². The van der Waals surface area contributed by atoms with E-state index in [-0.39, 0.29) is 12.5 Å². The highest BCUT2D eigenvalue weighted by Crippen LogP contribution is 2.44. The summed E-state index contributed by atoms with van der Waals surface area (Å²) >= 11 is 0. The largest absolute Gasteiger partial charge is 0.461 e. The first-order valence-corrected chi connectivity index (χ1v) is 9.36. The van der Waals surface area contributed by atoms with Gasteiger partial charge in [-0.05, 0) is 22.3 Å². The van der Waals surface area contributed by atoms with Crippen LogP contribution in [0.1, 0.15) is 17.0 Å². The second-order valence-corrected chi connectivity index (χ2v) is 7.37. The molecule has 154 valence electrons. The highest BCUT2D eigenvalue weighted by atomic mass is 16.7. The lowest BCUT2D eigenvalue weighted by atomic mass is 9.91. The molecular formula is C21H23NO7. The molecule has 1 saturated heterocycles. The first kappa shape index (κ1) is 20.0. The SMILES string of the molecule is N[C@@H]1[C@@H](O)[C@H](O)[C@@H](CO)OC1(O)C(=O)OCC1c2ccccc2-c2ccccc21. The minimum Gasteiger partial charge on any atom is -0.461 e. The maximum atomic E-state index is 12.7. The van der Waals surface area contributed by atoms with Gasteiger partial charge >= 0.3 is 5.97 Å². The lowest BCUT2D eigenvalue weighted by Gasteiger charge is -2.44. The number of nitrogens with two attached hydrogens (primary N) is 1. The summed E-state index contributed by atoms with van der Waals surface area (Å²) in [6, 6.07) is 13.9. The van der Waals surface area contributed by atoms with Gasteiger partial charge in [-0.15, -0.1) is 0 Å². The topological polar surface area (TPSA) is 142 Å². The average Bonchev–Trinajstić information content (AvgIpc) is 3.07. The number of aliphatic hydroxyl groups is 4. The molecule has 29 heavy (non-hydrogen) atoms. The Bertz CT molecular complexity index is 872. The van der Waals surface area contributed by atoms with Gasteiger partial charge < -0.3 is 35.6 Å². The van der Waals surface area contributed by atoms with Crippen molar-refractivity contribution in [2.24, 2.45) is 5.73 Å². The minimum absolute atomic E-state index is 0.0757. The van der Waals surface area contributed by atoms with Gasteiger partial charge in [0.25, 0.3) is 5.79 Å². The molecule has 1 aliphatic carbocycles. The van der Waals surface area contributed by atoms with Gasteiger partial charge in [-0.3, -0.25) is 0 Å². The summed E-state index contributed by atoms with van der Waals surface area (Å²) in [5, 5.41) is 39.9. The Kier molecular flexibility index (Phi) is 5.16. The fourth-order valence-electron chi connectivity index (χ4n) is 4.07. The lowest BCUT2D eigenvalue weighted by Crippen LogP contribution is -2.71. The smallest absolute Gasteiger partial charge is 0.368 e. The molecule has 0 aromatic heterocycles. The van der Waals surface area contributed by atoms with Crippen molar-refractivity contribution in [1.82, 2.24) is 0 Å². The molecule has 0 saturated carbocycles. The van der Waals surface area contributed by atoms with Crippen molar-refractivity contribution in [1.29, 1.82) is 0 Å². The third-order valence-electron chi connectivity index (χ3n) is 5.70. The number of ether oxygens (including phenoxy) is 2. The predicted molar refractivity (Wildman–Crippen MR) is 102 cm³/mol. The van der Waals surface area contributed by atoms with E-state index in [1.165, 1.54) is 0 Å². The maximum Gasteiger partial charge on any atom is 0.368 e. The Morgan fingerprint density at radius 2 is 1.59 bits per heavy atom. The first-order chi connectivity index (χ1) is 13.9. The van der Waals surface area contributed by atoms with Gasteiger partial charge in [0.1, 0.15) is 24.9 Å². The highest BCUT2D eigenvalue weighted by Gasteiger charge is 2.57. The van der Waals surface area contributed by atoms with Crippen molar-refractivity contribution in [2.75, 3.05) is 13.2 Å². The number of benzene rings is 2. The third-order valence-corrected chi connectivity index (χ3v) is 5.70. The van der Waals surface area contributed by atoms with Crippen molar-refractivity contribution in [3.8, 4) is 11.1 Å². The van der Waals surface area contributed by atoms with Crippen LogP contribution in [0.25, 0.3) is 11.1 Å². The van der Waals surface area contributed by atoms with E-state index in [0.717, 1.165) is 22.3 Å². The fraction of sp³-hybridized carbons (Fsp3) is 0.381. The molecule has 1 aliphatic heterocycles. The summed E-state index contributed by atoms with van der Waals surface area (Å²) in [5.74, 6) is -4.11. The zero-order valence-electron chi connectivity index (χ0n) is 15.5. The van der Waals surface area contributed by atoms with E-state index in [9.17, 15) is 25.2 Å². The van der Waals surface area contributed by atoms with E-state index >= 15 is 0 Å². The van der Waals surface area contributed by atoms with Crippen LogP contribution in [0.2, 0.25) is 0 Å². The normalized spacial score (nSPS) is 31.2. The van der Waals surface area contributed by atoms with Crippen molar-refractivity contribution in [3.63, 3.8) is 0 Å². The molecule has 0 radical (unpaired) electrons. The number of esters is 1. The Morgan fingerprint density at radius 3 is 2.14 bits per heavy atom. The molecule has 2 aromatic rings. The molecular weight excluding hydrogens is 378 g/mol. The first-order valence-electron chi connectivity index (χ1n) is 9.36. The Labute approximate surface area is 167 Å². The second-order valence-electron chi connectivity index (χ2n) is 7.37. The van der Waals surface area contributed by atoms with Crippen LogP contribution >= 0.6 is 0 Å². The van der Waals surface area contributed by atoms with Crippen molar-refractivity contribution >= 4 is 5.97 Å². The van der Waals surface area contributed by atoms with Crippen LogP contribution < -0.4 is 5.73 Å². The molecule has 0 bridgehead atoms. The van der Waals surface area contributed by atoms with Gasteiger partial charge in [0.2, 0.25) is 0 Å². The second kappa shape index (κ2) is 7.49. The molecule has 2 aromatic carbocycles. The summed E-state index contributed by atoms with van der Waals surface area (Å²) < 4.78 is 10.5. The zero-order chi connectivity index (χ0) is 20.8. The van der Waals surface area contributed by atoms with E-state index in [1.54, 1.807) is 0 Å². The molecule has 1 unspecified atom stereocenters. The van der Waals surface area contributed by atoms with Gasteiger partial charge in [0.15, 0.2) is 0 Å². The van der Waals surface area contributed by atoms with E-state index in [1.807, 2.05) is 48.5 Å². The molecule has 1 heterocycles. The van der Waals surface area contributed by atoms with Crippen LogP contribution in [0.15, 0.2) is 48.5 Å². The lowest BCUT2D eigenvalue weighted by molar-refractivity contribution is -0.308. The van der Waals surface area contributed by atoms with Crippen LogP contribution in [-0.4, -0.2) is 69.8 Å². The van der Waals surface area contributed by atoms with E-state index in [0.29, 0.717) is 0 Å². The van der Waals surface area contributed by atoms with Crippen LogP contribution in [0.4, 0.5) is 0 Å². The summed E-state index contributed by atoms with van der Waals surface area (Å²) in [4.78, 5) is 12.7. The average molecular weight is 401 g/mol. The highest BCUT2D eigenvalue weighted by molar-refractivity contribution is 5.81. The zero-order valence-corrected chi connectivity index (χ0v) is 15.5. The van der Waals surface area contributed by atoms with E-state index < -0.39 is 42.7 Å². The Balaban J connectivity index is 1.56. The van der Waals surface area contributed by atoms with E-state index in [4.69, 9.17) is 15.2 Å². The summed E-state index contributed by atoms with van der Waals surface area (Å²) in [5.41, 5.74) is 9.81. The number of carbonyl (C=O) groups is 1. The van der Waals surface area contributed by atoms with Crippen LogP contribution in [0, 0.1) is 0 Å². The third kappa shape index (κ3) is 3.14. The fourth-order valence-corrected chi connectivity index (χ4v) is 4.07. The molecule has 6 N–H and O–H groups in total. The standard InChI is InChI=1S/C21H23NO7/c22-19-18(25)17(24)16(9-23)29-21(19,27)20(26)28-10-15-13-7-3-1-5-11(13)12-6-2-4-8-14(12)15/h1-8,15-19,23-25,27H,9-10,22H2/t16-,17-,18+,19-,21?/m1/s1. The van der Waals surface area contributed by atoms with Gasteiger partial charge in [-0.2, -0.15) is 0 Å². The van der Waals surface area contributed by atoms with Crippen LogP contribution in [0.3, 0.4) is 0 Å². The van der Waals surface area contributed by atoms with Crippen molar-refractivity contribution in [3.05, 3.63) is 59.7 Å². The maximum absolute atomic E-state index is 12.7. The quantitative estimate of drug-likeness (QED) is 0.431. The summed E-state index contributed by atoms with van der Waals surface area (Å²) in [6.07, 6.45) is -4.60. The summed E-state index contributed by atoms with van der Waals surface area (Å²) in [7, 11) is 0. The summed E-state index contributed by atoms with van der Waals surface area (Å²) in [6.45, 7) is -0.794. The molecule has 0 spiro atoms. The molecule has 8 nitrogen and oxygen atoms in total. The number of aliphatic hydroxyl groups excluding tert-OH is 3. The Hall–Kier alpha value is -2.33. The van der Waals surface area contributed by atoms with Crippen LogP contribution in [0.5, 0.6) is 0 Å². The molecule has 4 rings (SSSR count). The monoisotopic (exact) mass is 401 g/mol. The number of fused-ring (bicyclic) bond motifs is 3. The molecule has 8 heteroatoms. The minimum atomic E-state index is -2.69. The molecule has 1 fully saturated rings. The predicted octanol–water partition coefficient (Wildman–Crippen LogP) is -0.529. The molecule has 5 atom stereocenters. The number of carbonyl (C=O) groups excluding carboxylic acids is 1. The van der Waals surface area contributed by atoms with Gasteiger partial charge in [-0.25, -0.2) is 4.79 Å². The molecule has 0 amide bonds. The Morgan fingerprint density at radius 1 is 1.03 bits per heavy atom. The van der Waals surface area contributed by atoms with Crippen molar-refractivity contribution in [2.45, 2.75) is 36.1 Å². The van der Waals surface area contributed by atoms with Crippen LogP contribution in [-0.2, 0) is 14.3 Å². The number of hydrogen-bond donors (Lipinski definition) is 5.